The normalized spacial score (nSPS) is 22.9. The van der Waals surface area contributed by atoms with Gasteiger partial charge in [-0.1, -0.05) is 32.9 Å². The molecule has 0 aliphatic carbocycles. The first-order valence-electron chi connectivity index (χ1n) is 7.34. The van der Waals surface area contributed by atoms with Crippen LogP contribution in [0.15, 0.2) is 24.3 Å². The lowest BCUT2D eigenvalue weighted by Gasteiger charge is -2.38. The molecule has 108 valence electrons. The maximum Gasteiger partial charge on any atom is 0.250 e. The van der Waals surface area contributed by atoms with Crippen LogP contribution in [0.4, 0.5) is 5.69 Å². The summed E-state index contributed by atoms with van der Waals surface area (Å²) in [6.07, 6.45) is 2.14. The Hall–Kier alpha value is -1.84. The van der Waals surface area contributed by atoms with E-state index >= 15 is 0 Å². The topological polar surface area (TPSA) is 49.4 Å². The second-order valence-electron chi connectivity index (χ2n) is 5.13. The fourth-order valence-electron chi connectivity index (χ4n) is 2.65. The minimum absolute atomic E-state index is 0.00722. The maximum absolute atomic E-state index is 12.6. The van der Waals surface area contributed by atoms with Gasteiger partial charge in [0.1, 0.15) is 12.1 Å². The van der Waals surface area contributed by atoms with Crippen molar-refractivity contribution in [2.45, 2.75) is 52.1 Å². The fourth-order valence-corrected chi connectivity index (χ4v) is 2.65. The zero-order valence-electron chi connectivity index (χ0n) is 12.3. The molecule has 1 heterocycles. The molecular weight excluding hydrogens is 252 g/mol. The summed E-state index contributed by atoms with van der Waals surface area (Å²) in [5, 5.41) is 2.82. The molecule has 4 nitrogen and oxygen atoms in total. The summed E-state index contributed by atoms with van der Waals surface area (Å²) in [5.41, 5.74) is 2.00. The van der Waals surface area contributed by atoms with Crippen LogP contribution in [-0.2, 0) is 16.0 Å². The lowest BCUT2D eigenvalue weighted by atomic mass is 10.0. The number of rotatable bonds is 4. The molecule has 1 aliphatic rings. The number of carbonyl (C=O) groups excluding carboxylic acids is 2. The van der Waals surface area contributed by atoms with Gasteiger partial charge in [0.05, 0.1) is 0 Å². The number of nitrogens with zero attached hydrogens (tertiary/aromatic N) is 1. The third-order valence-electron chi connectivity index (χ3n) is 3.86. The lowest BCUT2D eigenvalue weighted by molar-refractivity contribution is -0.134. The van der Waals surface area contributed by atoms with Gasteiger partial charge >= 0.3 is 0 Å². The number of carbonyl (C=O) groups is 2. The third kappa shape index (κ3) is 2.55. The van der Waals surface area contributed by atoms with Crippen molar-refractivity contribution >= 4 is 17.5 Å². The number of aryl methyl sites for hydroxylation is 1. The van der Waals surface area contributed by atoms with Crippen LogP contribution in [0.3, 0.4) is 0 Å². The van der Waals surface area contributed by atoms with E-state index in [1.54, 1.807) is 4.90 Å². The molecular formula is C16H22N2O2. The molecule has 4 heteroatoms. The molecule has 0 aromatic heterocycles. The molecule has 2 atom stereocenters. The van der Waals surface area contributed by atoms with E-state index in [1.807, 2.05) is 38.1 Å². The molecule has 0 radical (unpaired) electrons. The van der Waals surface area contributed by atoms with Crippen molar-refractivity contribution in [1.82, 2.24) is 5.32 Å². The van der Waals surface area contributed by atoms with Gasteiger partial charge in [-0.25, -0.2) is 0 Å². The lowest BCUT2D eigenvalue weighted by Crippen LogP contribution is -2.63. The minimum Gasteiger partial charge on any atom is -0.342 e. The first-order valence-corrected chi connectivity index (χ1v) is 7.34. The van der Waals surface area contributed by atoms with Crippen molar-refractivity contribution in [3.05, 3.63) is 29.8 Å². The molecule has 20 heavy (non-hydrogen) atoms. The highest BCUT2D eigenvalue weighted by Crippen LogP contribution is 2.25. The quantitative estimate of drug-likeness (QED) is 0.915. The highest BCUT2D eigenvalue weighted by Gasteiger charge is 2.39. The van der Waals surface area contributed by atoms with E-state index < -0.39 is 12.1 Å². The monoisotopic (exact) mass is 274 g/mol. The molecule has 0 bridgehead atoms. The molecule has 2 unspecified atom stereocenters. The number of amides is 2. The summed E-state index contributed by atoms with van der Waals surface area (Å²) in [5.74, 6) is -0.0620. The minimum atomic E-state index is -0.407. The van der Waals surface area contributed by atoms with E-state index in [0.717, 1.165) is 12.1 Å². The zero-order chi connectivity index (χ0) is 14.7. The average Bonchev–Trinajstić information content (AvgIpc) is 2.48. The van der Waals surface area contributed by atoms with Crippen molar-refractivity contribution in [1.29, 1.82) is 0 Å². The summed E-state index contributed by atoms with van der Waals surface area (Å²) in [4.78, 5) is 26.4. The van der Waals surface area contributed by atoms with Gasteiger partial charge in [-0.05, 0) is 37.0 Å². The smallest absolute Gasteiger partial charge is 0.250 e. The highest BCUT2D eigenvalue weighted by atomic mass is 16.2. The van der Waals surface area contributed by atoms with Gasteiger partial charge in [-0.3, -0.25) is 14.5 Å². The van der Waals surface area contributed by atoms with E-state index in [9.17, 15) is 9.59 Å². The van der Waals surface area contributed by atoms with Gasteiger partial charge in [-0.15, -0.1) is 0 Å². The van der Waals surface area contributed by atoms with Crippen molar-refractivity contribution in [2.75, 3.05) is 4.90 Å². The van der Waals surface area contributed by atoms with E-state index in [1.165, 1.54) is 5.56 Å². The van der Waals surface area contributed by atoms with Gasteiger partial charge in [-0.2, -0.15) is 0 Å². The van der Waals surface area contributed by atoms with Crippen LogP contribution in [0.1, 0.15) is 39.2 Å². The van der Waals surface area contributed by atoms with E-state index in [0.29, 0.717) is 12.8 Å². The predicted molar refractivity (Wildman–Crippen MR) is 79.6 cm³/mol. The van der Waals surface area contributed by atoms with Crippen LogP contribution in [0, 0.1) is 0 Å². The number of hydrogen-bond acceptors (Lipinski definition) is 2. The van der Waals surface area contributed by atoms with Crippen LogP contribution in [0.25, 0.3) is 0 Å². The Bertz CT molecular complexity index is 513. The molecule has 1 aromatic rings. The van der Waals surface area contributed by atoms with Crippen LogP contribution in [0.2, 0.25) is 0 Å². The first kappa shape index (κ1) is 14.6. The summed E-state index contributed by atoms with van der Waals surface area (Å²) in [7, 11) is 0. The van der Waals surface area contributed by atoms with Crippen molar-refractivity contribution in [3.63, 3.8) is 0 Å². The van der Waals surface area contributed by atoms with Gasteiger partial charge in [0, 0.05) is 5.69 Å². The molecule has 2 amide bonds. The second kappa shape index (κ2) is 6.07. The number of benzene rings is 1. The standard InChI is InChI=1S/C16H22N2O2/c1-4-11-8-7-9-12(10-11)18-14(6-3)15(19)17-13(5-2)16(18)20/h7-10,13-14H,4-6H2,1-3H3,(H,17,19). The Labute approximate surface area is 120 Å². The molecule has 0 saturated carbocycles. The Kier molecular flexibility index (Phi) is 4.42. The van der Waals surface area contributed by atoms with Gasteiger partial charge < -0.3 is 5.32 Å². The van der Waals surface area contributed by atoms with Crippen LogP contribution >= 0.6 is 0 Å². The van der Waals surface area contributed by atoms with Gasteiger partial charge in [0.25, 0.3) is 0 Å². The number of anilines is 1. The van der Waals surface area contributed by atoms with Crippen molar-refractivity contribution in [3.8, 4) is 0 Å². The van der Waals surface area contributed by atoms with E-state index in [2.05, 4.69) is 12.2 Å². The number of hydrogen-bond donors (Lipinski definition) is 1. The Balaban J connectivity index is 2.42. The molecule has 1 aliphatic heterocycles. The molecule has 0 spiro atoms. The number of piperazine rings is 1. The summed E-state index contributed by atoms with van der Waals surface area (Å²) < 4.78 is 0. The van der Waals surface area contributed by atoms with E-state index in [4.69, 9.17) is 0 Å². The Morgan fingerprint density at radius 3 is 2.50 bits per heavy atom. The third-order valence-corrected chi connectivity index (χ3v) is 3.86. The van der Waals surface area contributed by atoms with E-state index in [-0.39, 0.29) is 11.8 Å². The maximum atomic E-state index is 12.6. The van der Waals surface area contributed by atoms with Gasteiger partial charge in [0.2, 0.25) is 11.8 Å². The zero-order valence-corrected chi connectivity index (χ0v) is 12.3. The summed E-state index contributed by atoms with van der Waals surface area (Å²) >= 11 is 0. The predicted octanol–water partition coefficient (Wildman–Crippen LogP) is 2.27. The van der Waals surface area contributed by atoms with Crippen LogP contribution in [-0.4, -0.2) is 23.9 Å². The highest BCUT2D eigenvalue weighted by molar-refractivity contribution is 6.08. The summed E-state index contributed by atoms with van der Waals surface area (Å²) in [6.45, 7) is 5.92. The average molecular weight is 274 g/mol. The molecule has 1 aromatic carbocycles. The first-order chi connectivity index (χ1) is 9.62. The van der Waals surface area contributed by atoms with Crippen molar-refractivity contribution in [2.24, 2.45) is 0 Å². The van der Waals surface area contributed by atoms with Gasteiger partial charge in [0.15, 0.2) is 0 Å². The molecule has 1 fully saturated rings. The summed E-state index contributed by atoms with van der Waals surface area (Å²) in [6, 6.07) is 7.09. The van der Waals surface area contributed by atoms with Crippen LogP contribution in [0.5, 0.6) is 0 Å². The Morgan fingerprint density at radius 2 is 1.90 bits per heavy atom. The van der Waals surface area contributed by atoms with Crippen LogP contribution < -0.4 is 10.2 Å². The number of nitrogens with one attached hydrogen (secondary N) is 1. The largest absolute Gasteiger partial charge is 0.342 e. The second-order valence-corrected chi connectivity index (χ2v) is 5.13. The molecule has 2 rings (SSSR count). The molecule has 1 saturated heterocycles. The van der Waals surface area contributed by atoms with Crippen molar-refractivity contribution < 1.29 is 9.59 Å². The Morgan fingerprint density at radius 1 is 1.15 bits per heavy atom. The molecule has 1 N–H and O–H groups in total. The SMILES string of the molecule is CCc1cccc(N2C(=O)C(CC)NC(=O)C2CC)c1. The fraction of sp³-hybridized carbons (Fsp3) is 0.500.